The van der Waals surface area contributed by atoms with Crippen LogP contribution in [0.3, 0.4) is 0 Å². The molecule has 16 nitrogen and oxygen atoms in total. The number of hydrogen-bond acceptors (Lipinski definition) is 15. The van der Waals surface area contributed by atoms with Crippen molar-refractivity contribution in [1.82, 2.24) is 4.98 Å². The Kier molecular flexibility index (Phi) is 5.48. The van der Waals surface area contributed by atoms with Crippen molar-refractivity contribution in [3.63, 3.8) is 0 Å². The third-order valence-electron chi connectivity index (χ3n) is 4.90. The van der Waals surface area contributed by atoms with E-state index in [2.05, 4.69) is 9.98 Å². The number of aromatic amines is 1. The van der Waals surface area contributed by atoms with Crippen molar-refractivity contribution in [2.24, 2.45) is 4.99 Å². The van der Waals surface area contributed by atoms with Crippen molar-refractivity contribution in [2.75, 3.05) is 0 Å². The fourth-order valence-corrected chi connectivity index (χ4v) is 5.95. The smallest absolute Gasteiger partial charge is 0.215 e. The number of aliphatic imine (C=N–C) groups is 1. The third kappa shape index (κ3) is 4.18. The van der Waals surface area contributed by atoms with E-state index in [1.165, 1.54) is 0 Å². The van der Waals surface area contributed by atoms with Gasteiger partial charge in [0, 0.05) is 5.39 Å². The summed E-state index contributed by atoms with van der Waals surface area (Å²) >= 11 is 0. The standard InChI is InChI=1S/C16H10N2O14S4/c19-15-7-1-5(33(21,22)23)3-9(35(27,28)29)11(7)17-13(15)14-16(20)8-2-6(34(24,25)26)4-10(12(8)18-14)36(30,31)32/h1-4,17,19H,(H,21,22,23)(H,24,25,26)(H,27,28,29)(H,30,31,32)/p-4. The van der Waals surface area contributed by atoms with Gasteiger partial charge in [-0.2, -0.15) is 0 Å². The summed E-state index contributed by atoms with van der Waals surface area (Å²) in [6.07, 6.45) is 0. The van der Waals surface area contributed by atoms with Gasteiger partial charge in [-0.15, -0.1) is 0 Å². The van der Waals surface area contributed by atoms with E-state index in [1.807, 2.05) is 0 Å². The van der Waals surface area contributed by atoms with E-state index >= 15 is 0 Å². The number of carbonyl (C=O) groups is 1. The lowest BCUT2D eigenvalue weighted by molar-refractivity contribution is 0.106. The van der Waals surface area contributed by atoms with Gasteiger partial charge >= 0.3 is 0 Å². The van der Waals surface area contributed by atoms with Crippen molar-refractivity contribution in [3.05, 3.63) is 35.5 Å². The molecule has 0 spiro atoms. The Morgan fingerprint density at radius 2 is 1.22 bits per heavy atom. The summed E-state index contributed by atoms with van der Waals surface area (Å²) < 4.78 is 138. The molecule has 1 aliphatic rings. The van der Waals surface area contributed by atoms with E-state index in [1.54, 1.807) is 0 Å². The van der Waals surface area contributed by atoms with E-state index in [0.717, 1.165) is 0 Å². The van der Waals surface area contributed by atoms with Gasteiger partial charge in [-0.25, -0.2) is 38.7 Å². The molecule has 1 aliphatic heterocycles. The van der Waals surface area contributed by atoms with Gasteiger partial charge in [0.1, 0.15) is 51.9 Å². The number of nitrogens with one attached hydrogen (secondary N) is 1. The lowest BCUT2D eigenvalue weighted by Gasteiger charge is -2.14. The number of ketones is 1. The van der Waals surface area contributed by atoms with Crippen molar-refractivity contribution >= 4 is 68.6 Å². The highest BCUT2D eigenvalue weighted by molar-refractivity contribution is 7.87. The monoisotopic (exact) mass is 578 g/mol. The molecule has 0 unspecified atom stereocenters. The second-order valence-corrected chi connectivity index (χ2v) is 12.6. The van der Waals surface area contributed by atoms with Crippen LogP contribution in [0.2, 0.25) is 0 Å². The number of Topliss-reactive ketones (excluding diaryl/α,β-unsaturated/α-hetero) is 1. The first-order chi connectivity index (χ1) is 16.2. The Morgan fingerprint density at radius 3 is 1.72 bits per heavy atom. The van der Waals surface area contributed by atoms with E-state index in [9.17, 15) is 61.8 Å². The number of carbonyl (C=O) groups excluding carboxylic acids is 1. The number of hydrogen-bond donors (Lipinski definition) is 2. The molecule has 0 saturated heterocycles. The van der Waals surface area contributed by atoms with Gasteiger partial charge in [0.2, 0.25) is 5.78 Å². The molecular weight excluding hydrogens is 572 g/mol. The SMILES string of the molecule is O=C1C(c2[nH]c3c(S(=O)(=O)[O-])cc(S(=O)(=O)[O-])cc3c2O)=Nc2c1cc(S(=O)(=O)[O-])cc2S(=O)(=O)[O-]. The fourth-order valence-electron chi connectivity index (χ4n) is 3.40. The molecule has 2 aromatic carbocycles. The predicted octanol–water partition coefficient (Wildman–Crippen LogP) is -1.19. The second-order valence-electron chi connectivity index (χ2n) is 7.12. The summed E-state index contributed by atoms with van der Waals surface area (Å²) in [5.41, 5.74) is -4.30. The lowest BCUT2D eigenvalue weighted by atomic mass is 10.1. The first-order valence-corrected chi connectivity index (χ1v) is 14.4. The molecule has 36 heavy (non-hydrogen) atoms. The summed E-state index contributed by atoms with van der Waals surface area (Å²) in [5, 5.41) is 9.81. The molecule has 0 amide bonds. The van der Waals surface area contributed by atoms with E-state index in [4.69, 9.17) is 0 Å². The second kappa shape index (κ2) is 7.63. The van der Waals surface area contributed by atoms with Crippen LogP contribution in [0.5, 0.6) is 5.75 Å². The fraction of sp³-hybridized carbons (Fsp3) is 0. The van der Waals surface area contributed by atoms with Gasteiger partial charge in [-0.05, 0) is 24.3 Å². The number of nitrogens with zero attached hydrogens (tertiary/aromatic N) is 1. The molecule has 0 saturated carbocycles. The van der Waals surface area contributed by atoms with Crippen LogP contribution in [0.4, 0.5) is 5.69 Å². The number of fused-ring (bicyclic) bond motifs is 2. The molecule has 2 heterocycles. The minimum atomic E-state index is -5.53. The maximum atomic E-state index is 12.9. The first-order valence-electron chi connectivity index (χ1n) is 8.75. The number of aromatic hydroxyl groups is 1. The molecule has 20 heteroatoms. The Morgan fingerprint density at radius 1 is 0.722 bits per heavy atom. The van der Waals surface area contributed by atoms with Gasteiger partial charge in [-0.3, -0.25) is 4.79 Å². The summed E-state index contributed by atoms with van der Waals surface area (Å²) in [6.45, 7) is 0. The number of aromatic nitrogens is 1. The van der Waals surface area contributed by atoms with Crippen LogP contribution < -0.4 is 0 Å². The van der Waals surface area contributed by atoms with Crippen LogP contribution in [0.15, 0.2) is 48.8 Å². The zero-order valence-corrected chi connectivity index (χ0v) is 19.9. The number of rotatable bonds is 5. The molecule has 2 N–H and O–H groups in total. The largest absolute Gasteiger partial charge is 0.744 e. The van der Waals surface area contributed by atoms with Gasteiger partial charge in [0.15, 0.2) is 5.75 Å². The maximum absolute atomic E-state index is 12.9. The molecule has 0 aliphatic carbocycles. The van der Waals surface area contributed by atoms with Crippen LogP contribution in [0.1, 0.15) is 16.1 Å². The van der Waals surface area contributed by atoms with Crippen LogP contribution in [0.25, 0.3) is 10.9 Å². The van der Waals surface area contributed by atoms with Gasteiger partial charge in [0.05, 0.1) is 36.3 Å². The van der Waals surface area contributed by atoms with Crippen molar-refractivity contribution in [1.29, 1.82) is 0 Å². The predicted molar refractivity (Wildman–Crippen MR) is 109 cm³/mol. The molecule has 192 valence electrons. The Hall–Kier alpha value is -3.24. The van der Waals surface area contributed by atoms with Crippen LogP contribution >= 0.6 is 0 Å². The van der Waals surface area contributed by atoms with Crippen molar-refractivity contribution < 1.29 is 61.8 Å². The molecule has 3 aromatic rings. The summed E-state index contributed by atoms with van der Waals surface area (Å²) in [7, 11) is -21.8. The summed E-state index contributed by atoms with van der Waals surface area (Å²) in [4.78, 5) is 13.5. The highest BCUT2D eigenvalue weighted by Gasteiger charge is 2.34. The average Bonchev–Trinajstić information content (AvgIpc) is 3.21. The minimum Gasteiger partial charge on any atom is -0.744 e. The molecule has 0 atom stereocenters. The van der Waals surface area contributed by atoms with E-state index in [0.29, 0.717) is 12.1 Å². The molecule has 0 radical (unpaired) electrons. The quantitative estimate of drug-likeness (QED) is 0.336. The topological polar surface area (TPSA) is 294 Å². The van der Waals surface area contributed by atoms with Crippen LogP contribution in [-0.4, -0.2) is 73.5 Å². The highest BCUT2D eigenvalue weighted by atomic mass is 32.2. The van der Waals surface area contributed by atoms with Crippen molar-refractivity contribution in [2.45, 2.75) is 19.6 Å². The zero-order valence-electron chi connectivity index (χ0n) is 16.6. The van der Waals surface area contributed by atoms with Crippen molar-refractivity contribution in [3.8, 4) is 5.75 Å². The summed E-state index contributed by atoms with van der Waals surface area (Å²) in [6, 6.07) is 1.26. The van der Waals surface area contributed by atoms with E-state index in [-0.39, 0.29) is 12.1 Å². The molecule has 4 rings (SSSR count). The number of H-pyrrole nitrogens is 1. The Labute approximate surface area is 200 Å². The normalized spacial score (nSPS) is 14.8. The van der Waals surface area contributed by atoms with Gasteiger partial charge in [0.25, 0.3) is 0 Å². The molecule has 1 aromatic heterocycles. The Bertz CT molecular complexity index is 2000. The molecular formula is C16H6N2O14S4-4. The highest BCUT2D eigenvalue weighted by Crippen LogP contribution is 2.41. The molecule has 0 bridgehead atoms. The van der Waals surface area contributed by atoms with Crippen LogP contribution in [0, 0.1) is 0 Å². The zero-order chi connectivity index (χ0) is 27.2. The third-order valence-corrected chi connectivity index (χ3v) is 8.24. The molecule has 0 fully saturated rings. The number of benzene rings is 2. The lowest BCUT2D eigenvalue weighted by Crippen LogP contribution is -2.13. The maximum Gasteiger partial charge on any atom is 0.215 e. The average molecular weight is 578 g/mol. The minimum absolute atomic E-state index is 0.168. The summed E-state index contributed by atoms with van der Waals surface area (Å²) in [5.74, 6) is -2.48. The van der Waals surface area contributed by atoms with Gasteiger partial charge < -0.3 is 28.3 Å². The van der Waals surface area contributed by atoms with Gasteiger partial charge in [-0.1, -0.05) is 0 Å². The first kappa shape index (κ1) is 25.8. The van der Waals surface area contributed by atoms with Crippen LogP contribution in [-0.2, 0) is 40.5 Å². The van der Waals surface area contributed by atoms with E-state index < -0.39 is 105 Å². The Balaban J connectivity index is 2.07.